The van der Waals surface area contributed by atoms with Crippen molar-refractivity contribution in [2.45, 2.75) is 26.3 Å². The molecule has 1 unspecified atom stereocenters. The molecule has 0 radical (unpaired) electrons. The van der Waals surface area contributed by atoms with Crippen LogP contribution in [0.5, 0.6) is 0 Å². The van der Waals surface area contributed by atoms with E-state index in [-0.39, 0.29) is 0 Å². The van der Waals surface area contributed by atoms with Gasteiger partial charge in [0.05, 0.1) is 0 Å². The van der Waals surface area contributed by atoms with Crippen LogP contribution in [0.4, 0.5) is 0 Å². The third-order valence-electron chi connectivity index (χ3n) is 1.55. The van der Waals surface area contributed by atoms with E-state index >= 15 is 0 Å². The van der Waals surface area contributed by atoms with Crippen LogP contribution >= 0.6 is 61.2 Å². The molecule has 1 nitrogen and oxygen atoms in total. The lowest BCUT2D eigenvalue weighted by Gasteiger charge is -2.30. The summed E-state index contributed by atoms with van der Waals surface area (Å²) in [5.74, 6) is 0. The molecule has 0 spiro atoms. The van der Waals surface area contributed by atoms with Crippen molar-refractivity contribution < 1.29 is 0 Å². The minimum atomic E-state index is -0.993. The summed E-state index contributed by atoms with van der Waals surface area (Å²) in [6.45, 7) is 4.47. The van der Waals surface area contributed by atoms with Gasteiger partial charge < -0.3 is 4.23 Å². The largest absolute Gasteiger partial charge is 0.314 e. The first-order valence-electron chi connectivity index (χ1n) is 3.34. The summed E-state index contributed by atoms with van der Waals surface area (Å²) >= 11 is 14.6. The molecule has 0 aliphatic rings. The molecule has 0 rings (SSSR count). The van der Waals surface area contributed by atoms with Crippen molar-refractivity contribution in [1.29, 1.82) is 0 Å². The molecule has 0 aromatic heterocycles. The maximum absolute atomic E-state index is 3.64. The molecule has 0 aliphatic carbocycles. The Hall–Kier alpha value is 2.31. The van der Waals surface area contributed by atoms with Gasteiger partial charge in [-0.2, -0.15) is 0 Å². The van der Waals surface area contributed by atoms with Crippen LogP contribution in [0, 0.1) is 0 Å². The summed E-state index contributed by atoms with van der Waals surface area (Å²) in [6.07, 6.45) is -0.789. The summed E-state index contributed by atoms with van der Waals surface area (Å²) in [6, 6.07) is 0.654. The zero-order valence-electron chi connectivity index (χ0n) is 6.40. The second-order valence-electron chi connectivity index (χ2n) is 2.26. The first kappa shape index (κ1) is 13.3. The van der Waals surface area contributed by atoms with Gasteiger partial charge in [-0.3, -0.25) is 0 Å². The highest BCUT2D eigenvalue weighted by Gasteiger charge is 2.25. The Labute approximate surface area is 103 Å². The number of hydrogen-bond acceptors (Lipinski definition) is 1. The minimum absolute atomic E-state index is 0.654. The van der Waals surface area contributed by atoms with Gasteiger partial charge in [0.15, 0.2) is 0 Å². The molecule has 0 heterocycles. The molecule has 0 bridgehead atoms. The lowest BCUT2D eigenvalue weighted by molar-refractivity contribution is 0.502. The summed E-state index contributed by atoms with van der Waals surface area (Å²) in [5.41, 5.74) is 0. The first-order valence-corrected chi connectivity index (χ1v) is 17.1. The fourth-order valence-electron chi connectivity index (χ4n) is 0.681. The number of halogens is 4. The van der Waals surface area contributed by atoms with Crippen LogP contribution in [0.25, 0.3) is 0 Å². The quantitative estimate of drug-likeness (QED) is 0.472. The number of rotatable bonds is 4. The van der Waals surface area contributed by atoms with Crippen LogP contribution in [-0.4, -0.2) is 22.7 Å². The molecule has 0 aliphatic heterocycles. The highest BCUT2D eigenvalue weighted by atomic mass is 79.9. The molecule has 0 fully saturated rings. The van der Waals surface area contributed by atoms with Crippen molar-refractivity contribution in [3.8, 4) is 0 Å². The van der Waals surface area contributed by atoms with E-state index in [2.05, 4.69) is 79.2 Å². The SMILES string of the molecule is CCC(C)N([SiH](Br)Br)[SiH](Br)Br. The third kappa shape index (κ3) is 4.92. The van der Waals surface area contributed by atoms with Crippen LogP contribution < -0.4 is 0 Å². The van der Waals surface area contributed by atoms with Crippen molar-refractivity contribution >= 4 is 73.6 Å². The average Bonchev–Trinajstić information content (AvgIpc) is 1.85. The van der Waals surface area contributed by atoms with Gasteiger partial charge >= 0.3 is 0 Å². The van der Waals surface area contributed by atoms with Crippen LogP contribution in [0.15, 0.2) is 0 Å². The predicted molar refractivity (Wildman–Crippen MR) is 71.6 cm³/mol. The van der Waals surface area contributed by atoms with E-state index in [0.717, 1.165) is 0 Å². The van der Waals surface area contributed by atoms with Gasteiger partial charge in [0.2, 0.25) is 0 Å². The normalized spacial score (nSPS) is 15.0. The van der Waals surface area contributed by atoms with E-state index in [9.17, 15) is 0 Å². The second kappa shape index (κ2) is 6.72. The van der Waals surface area contributed by atoms with Crippen LogP contribution in [0.2, 0.25) is 0 Å². The number of nitrogens with zero attached hydrogens (tertiary/aromatic N) is 1. The van der Waals surface area contributed by atoms with Gasteiger partial charge in [-0.05, 0) is 12.5 Å². The Morgan fingerprint density at radius 2 is 1.55 bits per heavy atom. The van der Waals surface area contributed by atoms with Crippen molar-refractivity contribution in [2.75, 3.05) is 0 Å². The standard InChI is InChI=1S/C4H11Br4NSi2/c1-3-4(2)9(10(5)6)11(7)8/h4,10-11H,3H2,1-2H3. The summed E-state index contributed by atoms with van der Waals surface area (Å²) in [7, 11) is 0. The van der Waals surface area contributed by atoms with Crippen molar-refractivity contribution in [3.63, 3.8) is 0 Å². The molecule has 68 valence electrons. The second-order valence-corrected chi connectivity index (χ2v) is 22.9. The van der Waals surface area contributed by atoms with Gasteiger partial charge in [-0.15, -0.1) is 0 Å². The Morgan fingerprint density at radius 1 is 1.18 bits per heavy atom. The lowest BCUT2D eigenvalue weighted by atomic mass is 10.3. The topological polar surface area (TPSA) is 3.24 Å². The maximum atomic E-state index is 3.64. The van der Waals surface area contributed by atoms with Gasteiger partial charge in [-0.1, -0.05) is 75.0 Å². The molecule has 0 amide bonds. The van der Waals surface area contributed by atoms with Crippen molar-refractivity contribution in [1.82, 2.24) is 4.23 Å². The van der Waals surface area contributed by atoms with Gasteiger partial charge in [0.1, 0.15) is 0 Å². The first-order chi connectivity index (χ1) is 5.00. The molecule has 7 heteroatoms. The van der Waals surface area contributed by atoms with Gasteiger partial charge in [0, 0.05) is 0 Å². The van der Waals surface area contributed by atoms with E-state index in [1.165, 1.54) is 6.42 Å². The zero-order valence-corrected chi connectivity index (χ0v) is 15.1. The fourth-order valence-corrected chi connectivity index (χ4v) is 27.3. The van der Waals surface area contributed by atoms with Gasteiger partial charge in [-0.25, -0.2) is 0 Å². The fraction of sp³-hybridized carbons (Fsp3) is 1.00. The van der Waals surface area contributed by atoms with Crippen LogP contribution in [-0.2, 0) is 0 Å². The Kier molecular flexibility index (Phi) is 8.13. The summed E-state index contributed by atoms with van der Waals surface area (Å²) < 4.78 is 2.50. The molecule has 0 aromatic rings. The summed E-state index contributed by atoms with van der Waals surface area (Å²) in [4.78, 5) is 0. The minimum Gasteiger partial charge on any atom is -0.314 e. The third-order valence-corrected chi connectivity index (χ3v) is 16.2. The lowest BCUT2D eigenvalue weighted by Crippen LogP contribution is -2.43. The Bertz CT molecular complexity index is 104. The van der Waals surface area contributed by atoms with E-state index in [1.807, 2.05) is 0 Å². The van der Waals surface area contributed by atoms with Crippen LogP contribution in [0.3, 0.4) is 0 Å². The maximum Gasteiger partial charge on any atom is 0.252 e. The molecule has 11 heavy (non-hydrogen) atoms. The Balaban J connectivity index is 4.09. The average molecular weight is 449 g/mol. The van der Waals surface area contributed by atoms with E-state index in [0.29, 0.717) is 6.04 Å². The molecular formula is C4H11Br4NSi2. The molecule has 0 aromatic carbocycles. The van der Waals surface area contributed by atoms with E-state index in [4.69, 9.17) is 0 Å². The van der Waals surface area contributed by atoms with Crippen LogP contribution in [0.1, 0.15) is 20.3 Å². The summed E-state index contributed by atoms with van der Waals surface area (Å²) in [5, 5.41) is 0. The molecule has 1 atom stereocenters. The van der Waals surface area contributed by atoms with E-state index < -0.39 is 12.4 Å². The number of hydrogen-bond donors (Lipinski definition) is 0. The monoisotopic (exact) mass is 445 g/mol. The Morgan fingerprint density at radius 3 is 1.64 bits per heavy atom. The van der Waals surface area contributed by atoms with E-state index in [1.54, 1.807) is 0 Å². The highest BCUT2D eigenvalue weighted by Crippen LogP contribution is 2.22. The molecule has 0 saturated carbocycles. The smallest absolute Gasteiger partial charge is 0.252 e. The van der Waals surface area contributed by atoms with Crippen molar-refractivity contribution in [2.24, 2.45) is 0 Å². The van der Waals surface area contributed by atoms with Crippen molar-refractivity contribution in [3.05, 3.63) is 0 Å². The highest BCUT2D eigenvalue weighted by molar-refractivity contribution is 9.51. The molecular weight excluding hydrogens is 438 g/mol. The molecule has 0 N–H and O–H groups in total. The zero-order chi connectivity index (χ0) is 9.02. The molecule has 0 saturated heterocycles. The predicted octanol–water partition coefficient (Wildman–Crippen LogP) is 3.10. The van der Waals surface area contributed by atoms with Gasteiger partial charge in [0.25, 0.3) is 12.4 Å².